The maximum atomic E-state index is 13.9. The van der Waals surface area contributed by atoms with Gasteiger partial charge in [-0.25, -0.2) is 21.9 Å². The summed E-state index contributed by atoms with van der Waals surface area (Å²) >= 11 is 0. The third kappa shape index (κ3) is 4.02. The van der Waals surface area contributed by atoms with Crippen molar-refractivity contribution in [2.45, 2.75) is 23.8 Å². The zero-order valence-electron chi connectivity index (χ0n) is 13.4. The molecule has 134 valence electrons. The average molecular weight is 368 g/mol. The summed E-state index contributed by atoms with van der Waals surface area (Å²) in [5.41, 5.74) is 0.648. The number of benzene rings is 1. The number of nitrogens with zero attached hydrogens (tertiary/aromatic N) is 1. The van der Waals surface area contributed by atoms with Gasteiger partial charge in [-0.15, -0.1) is 0 Å². The van der Waals surface area contributed by atoms with Gasteiger partial charge >= 0.3 is 0 Å². The number of hydrogen-bond donors (Lipinski definition) is 1. The molecule has 2 aromatic rings. The molecule has 0 radical (unpaired) electrons. The highest BCUT2D eigenvalue weighted by atomic mass is 32.2. The molecule has 0 saturated carbocycles. The van der Waals surface area contributed by atoms with E-state index in [1.807, 2.05) is 0 Å². The topological polar surface area (TPSA) is 68.3 Å². The Morgan fingerprint density at radius 2 is 1.80 bits per heavy atom. The second-order valence-electron chi connectivity index (χ2n) is 5.89. The van der Waals surface area contributed by atoms with Crippen LogP contribution < -0.4 is 4.72 Å². The first kappa shape index (κ1) is 17.9. The quantitative estimate of drug-likeness (QED) is 0.881. The van der Waals surface area contributed by atoms with E-state index < -0.39 is 32.6 Å². The SMILES string of the molecule is O=S(=O)(NC(c1cccnc1)C1CCOCC1)c1c(F)cccc1F. The van der Waals surface area contributed by atoms with Gasteiger partial charge in [-0.1, -0.05) is 12.1 Å². The molecule has 5 nitrogen and oxygen atoms in total. The summed E-state index contributed by atoms with van der Waals surface area (Å²) in [7, 11) is -4.39. The lowest BCUT2D eigenvalue weighted by molar-refractivity contribution is 0.0564. The Balaban J connectivity index is 1.97. The molecule has 1 N–H and O–H groups in total. The number of nitrogens with one attached hydrogen (secondary N) is 1. The lowest BCUT2D eigenvalue weighted by atomic mass is 9.88. The van der Waals surface area contributed by atoms with Gasteiger partial charge in [-0.3, -0.25) is 4.98 Å². The van der Waals surface area contributed by atoms with Crippen molar-refractivity contribution in [3.8, 4) is 0 Å². The van der Waals surface area contributed by atoms with Crippen LogP contribution in [0, 0.1) is 17.6 Å². The minimum absolute atomic E-state index is 0.0532. The number of hydrogen-bond acceptors (Lipinski definition) is 4. The van der Waals surface area contributed by atoms with E-state index in [9.17, 15) is 17.2 Å². The third-order valence-electron chi connectivity index (χ3n) is 4.25. The number of rotatable bonds is 5. The number of halogens is 2. The fraction of sp³-hybridized carbons (Fsp3) is 0.353. The average Bonchev–Trinajstić information content (AvgIpc) is 2.61. The van der Waals surface area contributed by atoms with E-state index in [-0.39, 0.29) is 5.92 Å². The normalized spacial score (nSPS) is 17.4. The lowest BCUT2D eigenvalue weighted by Crippen LogP contribution is -2.36. The minimum Gasteiger partial charge on any atom is -0.381 e. The number of aromatic nitrogens is 1. The van der Waals surface area contributed by atoms with Crippen LogP contribution in [0.4, 0.5) is 8.78 Å². The van der Waals surface area contributed by atoms with Crippen LogP contribution in [-0.2, 0) is 14.8 Å². The van der Waals surface area contributed by atoms with Crippen LogP contribution in [0.15, 0.2) is 47.6 Å². The number of ether oxygens (including phenoxy) is 1. The summed E-state index contributed by atoms with van der Waals surface area (Å²) < 4.78 is 61.0. The molecular formula is C17H18F2N2O3S. The smallest absolute Gasteiger partial charge is 0.246 e. The van der Waals surface area contributed by atoms with Gasteiger partial charge < -0.3 is 4.74 Å². The Hall–Kier alpha value is -1.90. The predicted molar refractivity (Wildman–Crippen MR) is 87.2 cm³/mol. The molecule has 0 amide bonds. The second kappa shape index (κ2) is 7.55. The highest BCUT2D eigenvalue weighted by molar-refractivity contribution is 7.89. The van der Waals surface area contributed by atoms with Crippen molar-refractivity contribution in [1.29, 1.82) is 0 Å². The predicted octanol–water partition coefficient (Wildman–Crippen LogP) is 2.81. The molecular weight excluding hydrogens is 350 g/mol. The first-order valence-electron chi connectivity index (χ1n) is 7.93. The molecule has 25 heavy (non-hydrogen) atoms. The molecule has 8 heteroatoms. The van der Waals surface area contributed by atoms with Crippen LogP contribution in [0.3, 0.4) is 0 Å². The first-order chi connectivity index (χ1) is 12.0. The Bertz CT molecular complexity index is 805. The Morgan fingerprint density at radius 1 is 1.12 bits per heavy atom. The molecule has 1 fully saturated rings. The molecule has 1 aliphatic rings. The third-order valence-corrected chi connectivity index (χ3v) is 5.74. The van der Waals surface area contributed by atoms with Crippen molar-refractivity contribution < 1.29 is 21.9 Å². The van der Waals surface area contributed by atoms with Crippen LogP contribution in [0.25, 0.3) is 0 Å². The summed E-state index contributed by atoms with van der Waals surface area (Å²) in [6.45, 7) is 1.02. The van der Waals surface area contributed by atoms with Gasteiger partial charge in [0.1, 0.15) is 11.6 Å². The van der Waals surface area contributed by atoms with E-state index in [0.29, 0.717) is 31.6 Å². The van der Waals surface area contributed by atoms with Gasteiger partial charge in [0.25, 0.3) is 0 Å². The van der Waals surface area contributed by atoms with Crippen molar-refractivity contribution in [1.82, 2.24) is 9.71 Å². The van der Waals surface area contributed by atoms with E-state index in [2.05, 4.69) is 9.71 Å². The van der Waals surface area contributed by atoms with Gasteiger partial charge in [0.2, 0.25) is 10.0 Å². The standard InChI is InChI=1S/C17H18F2N2O3S/c18-14-4-1-5-15(19)17(14)25(22,23)21-16(12-6-9-24-10-7-12)13-3-2-8-20-11-13/h1-5,8,11-12,16,21H,6-7,9-10H2. The van der Waals surface area contributed by atoms with E-state index in [1.165, 1.54) is 0 Å². The highest BCUT2D eigenvalue weighted by Gasteiger charge is 2.32. The lowest BCUT2D eigenvalue weighted by Gasteiger charge is -2.31. The molecule has 2 heterocycles. The molecule has 1 aromatic heterocycles. The second-order valence-corrected chi connectivity index (χ2v) is 7.54. The maximum absolute atomic E-state index is 13.9. The van der Waals surface area contributed by atoms with E-state index in [4.69, 9.17) is 4.74 Å². The zero-order valence-corrected chi connectivity index (χ0v) is 14.2. The van der Waals surface area contributed by atoms with Gasteiger partial charge in [0.05, 0.1) is 6.04 Å². The van der Waals surface area contributed by atoms with E-state index in [1.54, 1.807) is 24.5 Å². The molecule has 3 rings (SSSR count). The van der Waals surface area contributed by atoms with Crippen molar-refractivity contribution in [3.63, 3.8) is 0 Å². The van der Waals surface area contributed by atoms with Crippen LogP contribution in [0.2, 0.25) is 0 Å². The maximum Gasteiger partial charge on any atom is 0.246 e. The summed E-state index contributed by atoms with van der Waals surface area (Å²) in [5, 5.41) is 0. The van der Waals surface area contributed by atoms with Crippen molar-refractivity contribution >= 4 is 10.0 Å². The van der Waals surface area contributed by atoms with Crippen LogP contribution >= 0.6 is 0 Å². The van der Waals surface area contributed by atoms with Crippen LogP contribution in [0.1, 0.15) is 24.4 Å². The van der Waals surface area contributed by atoms with Crippen molar-refractivity contribution in [2.24, 2.45) is 5.92 Å². The van der Waals surface area contributed by atoms with E-state index in [0.717, 1.165) is 18.2 Å². The fourth-order valence-corrected chi connectivity index (χ4v) is 4.44. The van der Waals surface area contributed by atoms with Gasteiger partial charge in [0.15, 0.2) is 4.90 Å². The molecule has 1 atom stereocenters. The van der Waals surface area contributed by atoms with Gasteiger partial charge in [-0.2, -0.15) is 0 Å². The fourth-order valence-electron chi connectivity index (χ4n) is 3.01. The van der Waals surface area contributed by atoms with E-state index >= 15 is 0 Å². The van der Waals surface area contributed by atoms with Crippen molar-refractivity contribution in [2.75, 3.05) is 13.2 Å². The molecule has 1 saturated heterocycles. The summed E-state index contributed by atoms with van der Waals surface area (Å²) in [4.78, 5) is 3.06. The summed E-state index contributed by atoms with van der Waals surface area (Å²) in [5.74, 6) is -2.30. The van der Waals surface area contributed by atoms with Gasteiger partial charge in [-0.05, 0) is 42.5 Å². The minimum atomic E-state index is -4.39. The van der Waals surface area contributed by atoms with Crippen molar-refractivity contribution in [3.05, 3.63) is 59.9 Å². The largest absolute Gasteiger partial charge is 0.381 e. The molecule has 0 spiro atoms. The molecule has 0 bridgehead atoms. The number of sulfonamides is 1. The molecule has 1 unspecified atom stereocenters. The number of pyridine rings is 1. The Labute approximate surface area is 145 Å². The Kier molecular flexibility index (Phi) is 5.41. The Morgan fingerprint density at radius 3 is 2.40 bits per heavy atom. The first-order valence-corrected chi connectivity index (χ1v) is 9.41. The van der Waals surface area contributed by atoms with Gasteiger partial charge in [0, 0.05) is 25.6 Å². The summed E-state index contributed by atoms with van der Waals surface area (Å²) in [6, 6.07) is 5.77. The molecule has 0 aliphatic carbocycles. The zero-order chi connectivity index (χ0) is 17.9. The van der Waals surface area contributed by atoms with Crippen LogP contribution in [-0.4, -0.2) is 26.6 Å². The van der Waals surface area contributed by atoms with Crippen LogP contribution in [0.5, 0.6) is 0 Å². The molecule has 1 aliphatic heterocycles. The summed E-state index contributed by atoms with van der Waals surface area (Å²) in [6.07, 6.45) is 4.42. The highest BCUT2D eigenvalue weighted by Crippen LogP contribution is 2.32. The molecule has 1 aromatic carbocycles. The monoisotopic (exact) mass is 368 g/mol.